The van der Waals surface area contributed by atoms with Crippen molar-refractivity contribution in [3.05, 3.63) is 22.8 Å². The van der Waals surface area contributed by atoms with E-state index in [0.717, 1.165) is 35.3 Å². The monoisotopic (exact) mass is 292 g/mol. The Morgan fingerprint density at radius 2 is 1.67 bits per heavy atom. The van der Waals surface area contributed by atoms with Crippen LogP contribution in [-0.2, 0) is 17.3 Å². The van der Waals surface area contributed by atoms with Crippen LogP contribution in [-0.4, -0.2) is 23.4 Å². The SMILES string of the molecule is COc1cc(CC(C)O)c(O)c2c1C(C)(C)CCC2(C)C. The van der Waals surface area contributed by atoms with Gasteiger partial charge in [-0.15, -0.1) is 0 Å². The molecule has 1 aromatic rings. The highest BCUT2D eigenvalue weighted by Crippen LogP contribution is 2.53. The van der Waals surface area contributed by atoms with E-state index < -0.39 is 6.10 Å². The van der Waals surface area contributed by atoms with Crippen LogP contribution in [0.25, 0.3) is 0 Å². The van der Waals surface area contributed by atoms with Crippen LogP contribution in [0.15, 0.2) is 6.07 Å². The quantitative estimate of drug-likeness (QED) is 0.893. The van der Waals surface area contributed by atoms with E-state index >= 15 is 0 Å². The molecule has 0 bridgehead atoms. The fourth-order valence-corrected chi connectivity index (χ4v) is 3.54. The highest BCUT2D eigenvalue weighted by atomic mass is 16.5. The molecule has 0 heterocycles. The van der Waals surface area contributed by atoms with Crippen molar-refractivity contribution in [2.24, 2.45) is 0 Å². The summed E-state index contributed by atoms with van der Waals surface area (Å²) in [5.41, 5.74) is 2.78. The second kappa shape index (κ2) is 5.20. The number of aromatic hydroxyl groups is 1. The molecule has 1 atom stereocenters. The van der Waals surface area contributed by atoms with Gasteiger partial charge in [0.2, 0.25) is 0 Å². The van der Waals surface area contributed by atoms with E-state index in [9.17, 15) is 10.2 Å². The molecule has 0 saturated carbocycles. The Balaban J connectivity index is 2.76. The first-order chi connectivity index (χ1) is 9.60. The summed E-state index contributed by atoms with van der Waals surface area (Å²) in [5.74, 6) is 1.17. The molecule has 0 amide bonds. The molecule has 2 N–H and O–H groups in total. The maximum Gasteiger partial charge on any atom is 0.123 e. The highest BCUT2D eigenvalue weighted by Gasteiger charge is 2.42. The van der Waals surface area contributed by atoms with Crippen LogP contribution in [0, 0.1) is 0 Å². The number of rotatable bonds is 3. The number of hydrogen-bond acceptors (Lipinski definition) is 3. The van der Waals surface area contributed by atoms with Gasteiger partial charge < -0.3 is 14.9 Å². The predicted molar refractivity (Wildman–Crippen MR) is 85.3 cm³/mol. The summed E-state index contributed by atoms with van der Waals surface area (Å²) in [5, 5.41) is 20.5. The van der Waals surface area contributed by atoms with Gasteiger partial charge in [-0.25, -0.2) is 0 Å². The van der Waals surface area contributed by atoms with Crippen molar-refractivity contribution in [2.75, 3.05) is 7.11 Å². The van der Waals surface area contributed by atoms with Gasteiger partial charge in [0.05, 0.1) is 13.2 Å². The number of aliphatic hydroxyl groups excluding tert-OH is 1. The lowest BCUT2D eigenvalue weighted by Gasteiger charge is -2.43. The standard InChI is InChI=1S/C18H28O3/c1-11(19)9-12-10-13(21-6)14-15(16(12)20)18(4,5)8-7-17(14,2)3/h10-11,19-20H,7-9H2,1-6H3. The molecule has 0 saturated heterocycles. The Labute approximate surface area is 128 Å². The number of aliphatic hydroxyl groups is 1. The summed E-state index contributed by atoms with van der Waals surface area (Å²) in [4.78, 5) is 0. The molecule has 0 spiro atoms. The summed E-state index contributed by atoms with van der Waals surface area (Å²) >= 11 is 0. The van der Waals surface area contributed by atoms with Crippen molar-refractivity contribution >= 4 is 0 Å². The van der Waals surface area contributed by atoms with Crippen molar-refractivity contribution in [3.8, 4) is 11.5 Å². The molecule has 3 heteroatoms. The number of hydrogen-bond donors (Lipinski definition) is 2. The molecule has 1 aliphatic carbocycles. The second-order valence-corrected chi connectivity index (χ2v) is 7.66. The summed E-state index contributed by atoms with van der Waals surface area (Å²) in [6, 6.07) is 1.89. The molecular formula is C18H28O3. The maximum atomic E-state index is 10.8. The summed E-state index contributed by atoms with van der Waals surface area (Å²) in [6.07, 6.45) is 2.05. The first-order valence-electron chi connectivity index (χ1n) is 7.72. The van der Waals surface area contributed by atoms with Gasteiger partial charge in [0.15, 0.2) is 0 Å². The van der Waals surface area contributed by atoms with Gasteiger partial charge in [-0.2, -0.15) is 0 Å². The molecule has 2 rings (SSSR count). The maximum absolute atomic E-state index is 10.8. The van der Waals surface area contributed by atoms with Gasteiger partial charge in [-0.05, 0) is 36.7 Å². The number of fused-ring (bicyclic) bond motifs is 1. The third kappa shape index (κ3) is 2.76. The average Bonchev–Trinajstić information content (AvgIpc) is 2.36. The largest absolute Gasteiger partial charge is 0.507 e. The topological polar surface area (TPSA) is 49.7 Å². The normalized spacial score (nSPS) is 20.7. The zero-order valence-corrected chi connectivity index (χ0v) is 14.1. The lowest BCUT2D eigenvalue weighted by molar-refractivity contribution is 0.193. The van der Waals surface area contributed by atoms with E-state index in [1.54, 1.807) is 14.0 Å². The van der Waals surface area contributed by atoms with E-state index in [-0.39, 0.29) is 10.8 Å². The van der Waals surface area contributed by atoms with E-state index in [0.29, 0.717) is 12.2 Å². The van der Waals surface area contributed by atoms with Crippen LogP contribution in [0.2, 0.25) is 0 Å². The smallest absolute Gasteiger partial charge is 0.123 e. The van der Waals surface area contributed by atoms with Crippen LogP contribution in [0.1, 0.15) is 64.2 Å². The first kappa shape index (κ1) is 16.2. The lowest BCUT2D eigenvalue weighted by atomic mass is 9.62. The van der Waals surface area contributed by atoms with Crippen LogP contribution in [0.4, 0.5) is 0 Å². The third-order valence-corrected chi connectivity index (χ3v) is 4.81. The van der Waals surface area contributed by atoms with Crippen molar-refractivity contribution in [1.29, 1.82) is 0 Å². The minimum absolute atomic E-state index is 0.0168. The molecule has 118 valence electrons. The van der Waals surface area contributed by atoms with Crippen molar-refractivity contribution in [2.45, 2.75) is 70.8 Å². The molecular weight excluding hydrogens is 264 g/mol. The Kier molecular flexibility index (Phi) is 4.00. The molecule has 21 heavy (non-hydrogen) atoms. The number of phenols is 1. The van der Waals surface area contributed by atoms with Gasteiger partial charge in [0, 0.05) is 23.1 Å². The molecule has 0 fully saturated rings. The number of benzene rings is 1. The molecule has 3 nitrogen and oxygen atoms in total. The van der Waals surface area contributed by atoms with Crippen LogP contribution >= 0.6 is 0 Å². The summed E-state index contributed by atoms with van der Waals surface area (Å²) in [6.45, 7) is 10.5. The molecule has 0 aliphatic heterocycles. The first-order valence-corrected chi connectivity index (χ1v) is 7.72. The Bertz CT molecular complexity index is 542. The fourth-order valence-electron chi connectivity index (χ4n) is 3.54. The minimum Gasteiger partial charge on any atom is -0.507 e. The van der Waals surface area contributed by atoms with Gasteiger partial charge in [0.1, 0.15) is 11.5 Å². The Morgan fingerprint density at radius 3 is 2.14 bits per heavy atom. The Hall–Kier alpha value is -1.22. The van der Waals surface area contributed by atoms with Gasteiger partial charge >= 0.3 is 0 Å². The summed E-state index contributed by atoms with van der Waals surface area (Å²) in [7, 11) is 1.68. The van der Waals surface area contributed by atoms with Crippen LogP contribution in [0.3, 0.4) is 0 Å². The highest BCUT2D eigenvalue weighted by molar-refractivity contribution is 5.60. The molecule has 0 radical (unpaired) electrons. The minimum atomic E-state index is -0.488. The number of phenolic OH excluding ortho intramolecular Hbond substituents is 1. The molecule has 1 unspecified atom stereocenters. The third-order valence-electron chi connectivity index (χ3n) is 4.81. The van der Waals surface area contributed by atoms with E-state index in [1.165, 1.54) is 0 Å². The van der Waals surface area contributed by atoms with Gasteiger partial charge in [-0.3, -0.25) is 0 Å². The Morgan fingerprint density at radius 1 is 1.14 bits per heavy atom. The molecule has 1 aliphatic rings. The van der Waals surface area contributed by atoms with Gasteiger partial charge in [-0.1, -0.05) is 27.7 Å². The van der Waals surface area contributed by atoms with Crippen molar-refractivity contribution in [3.63, 3.8) is 0 Å². The van der Waals surface area contributed by atoms with Crippen LogP contribution in [0.5, 0.6) is 11.5 Å². The number of methoxy groups -OCH3 is 1. The lowest BCUT2D eigenvalue weighted by Crippen LogP contribution is -2.34. The fraction of sp³-hybridized carbons (Fsp3) is 0.667. The zero-order valence-electron chi connectivity index (χ0n) is 14.1. The van der Waals surface area contributed by atoms with E-state index in [1.807, 2.05) is 6.07 Å². The average molecular weight is 292 g/mol. The van der Waals surface area contributed by atoms with Crippen molar-refractivity contribution < 1.29 is 14.9 Å². The molecule has 0 aromatic heterocycles. The molecule has 1 aromatic carbocycles. The number of ether oxygens (including phenoxy) is 1. The van der Waals surface area contributed by atoms with E-state index in [4.69, 9.17) is 4.74 Å². The zero-order chi connectivity index (χ0) is 16.0. The van der Waals surface area contributed by atoms with Crippen LogP contribution < -0.4 is 4.74 Å². The summed E-state index contributed by atoms with van der Waals surface area (Å²) < 4.78 is 5.63. The van der Waals surface area contributed by atoms with Crippen molar-refractivity contribution in [1.82, 2.24) is 0 Å². The van der Waals surface area contributed by atoms with Gasteiger partial charge in [0.25, 0.3) is 0 Å². The van der Waals surface area contributed by atoms with E-state index in [2.05, 4.69) is 27.7 Å². The second-order valence-electron chi connectivity index (χ2n) is 7.66. The predicted octanol–water partition coefficient (Wildman–Crippen LogP) is 3.67.